The van der Waals surface area contributed by atoms with Crippen LogP contribution in [0.25, 0.3) is 0 Å². The van der Waals surface area contributed by atoms with Crippen molar-refractivity contribution in [1.82, 2.24) is 14.9 Å². The number of nitrogens with one attached hydrogen (secondary N) is 1. The van der Waals surface area contributed by atoms with Gasteiger partial charge in [0.25, 0.3) is 5.91 Å². The van der Waals surface area contributed by atoms with Crippen molar-refractivity contribution < 1.29 is 14.3 Å². The average molecular weight is 315 g/mol. The molecule has 1 atom stereocenters. The molecular formula is C17H21N3O3. The molecule has 0 saturated carbocycles. The summed E-state index contributed by atoms with van der Waals surface area (Å²) in [6, 6.07) is 7.35. The smallest absolute Gasteiger partial charge is 0.251 e. The fourth-order valence-corrected chi connectivity index (χ4v) is 2.72. The Hall–Kier alpha value is -2.34. The highest BCUT2D eigenvalue weighted by Gasteiger charge is 2.20. The standard InChI is InChI=1S/C17H21N3O3/c1-22-9-10-23-15-4-2-3-13(11-15)17(21)19-14-5-6-16-18-7-8-20(16)12-14/h2-4,7-8,11,14H,5-6,9-10,12H2,1H3,(H,19,21)/t14-/m1/s1. The van der Waals surface area contributed by atoms with Gasteiger partial charge >= 0.3 is 0 Å². The van der Waals surface area contributed by atoms with Crippen molar-refractivity contribution in [1.29, 1.82) is 0 Å². The summed E-state index contributed by atoms with van der Waals surface area (Å²) < 4.78 is 12.6. The predicted molar refractivity (Wildman–Crippen MR) is 85.6 cm³/mol. The Morgan fingerprint density at radius 1 is 1.43 bits per heavy atom. The molecule has 122 valence electrons. The Balaban J connectivity index is 1.59. The van der Waals surface area contributed by atoms with Gasteiger partial charge in [0, 0.05) is 44.1 Å². The quantitative estimate of drug-likeness (QED) is 0.823. The number of amides is 1. The lowest BCUT2D eigenvalue weighted by Gasteiger charge is -2.24. The summed E-state index contributed by atoms with van der Waals surface area (Å²) in [5.41, 5.74) is 0.608. The van der Waals surface area contributed by atoms with Gasteiger partial charge < -0.3 is 19.4 Å². The number of hydrogen-bond donors (Lipinski definition) is 1. The topological polar surface area (TPSA) is 65.4 Å². The summed E-state index contributed by atoms with van der Waals surface area (Å²) in [7, 11) is 1.63. The Labute approximate surface area is 135 Å². The highest BCUT2D eigenvalue weighted by Crippen LogP contribution is 2.16. The SMILES string of the molecule is COCCOc1cccc(C(=O)N[C@@H]2CCc3nccn3C2)c1. The molecule has 0 spiro atoms. The molecule has 0 unspecified atom stereocenters. The maximum atomic E-state index is 12.4. The summed E-state index contributed by atoms with van der Waals surface area (Å²) >= 11 is 0. The second-order valence-electron chi connectivity index (χ2n) is 5.57. The first-order valence-corrected chi connectivity index (χ1v) is 7.79. The first-order valence-electron chi connectivity index (χ1n) is 7.79. The predicted octanol–water partition coefficient (Wildman–Crippen LogP) is 1.65. The second-order valence-corrected chi connectivity index (χ2v) is 5.57. The number of imidazole rings is 1. The summed E-state index contributed by atoms with van der Waals surface area (Å²) in [6.07, 6.45) is 5.56. The van der Waals surface area contributed by atoms with Gasteiger partial charge in [-0.05, 0) is 24.6 Å². The van der Waals surface area contributed by atoms with Crippen LogP contribution in [0.3, 0.4) is 0 Å². The van der Waals surface area contributed by atoms with E-state index in [9.17, 15) is 4.79 Å². The first-order chi connectivity index (χ1) is 11.3. The van der Waals surface area contributed by atoms with Gasteiger partial charge in [-0.2, -0.15) is 0 Å². The van der Waals surface area contributed by atoms with Crippen LogP contribution < -0.4 is 10.1 Å². The van der Waals surface area contributed by atoms with Gasteiger partial charge in [-0.15, -0.1) is 0 Å². The molecule has 3 rings (SSSR count). The minimum Gasteiger partial charge on any atom is -0.491 e. The molecule has 2 heterocycles. The lowest BCUT2D eigenvalue weighted by molar-refractivity contribution is 0.0927. The van der Waals surface area contributed by atoms with E-state index >= 15 is 0 Å². The van der Waals surface area contributed by atoms with Crippen molar-refractivity contribution in [3.63, 3.8) is 0 Å². The molecular weight excluding hydrogens is 294 g/mol. The molecule has 1 N–H and O–H groups in total. The summed E-state index contributed by atoms with van der Waals surface area (Å²) in [6.45, 7) is 1.75. The normalized spacial score (nSPS) is 16.7. The maximum Gasteiger partial charge on any atom is 0.251 e. The summed E-state index contributed by atoms with van der Waals surface area (Å²) in [5.74, 6) is 1.69. The Morgan fingerprint density at radius 3 is 3.22 bits per heavy atom. The average Bonchev–Trinajstić information content (AvgIpc) is 3.03. The van der Waals surface area contributed by atoms with Crippen LogP contribution in [0, 0.1) is 0 Å². The number of hydrogen-bond acceptors (Lipinski definition) is 4. The minimum absolute atomic E-state index is 0.0734. The van der Waals surface area contributed by atoms with E-state index < -0.39 is 0 Å². The van der Waals surface area contributed by atoms with Crippen LogP contribution in [0.1, 0.15) is 22.6 Å². The van der Waals surface area contributed by atoms with E-state index in [1.165, 1.54) is 0 Å². The van der Waals surface area contributed by atoms with E-state index in [-0.39, 0.29) is 11.9 Å². The maximum absolute atomic E-state index is 12.4. The van der Waals surface area contributed by atoms with Gasteiger partial charge in [0.05, 0.1) is 6.61 Å². The van der Waals surface area contributed by atoms with E-state index in [0.29, 0.717) is 24.5 Å². The van der Waals surface area contributed by atoms with Crippen LogP contribution in [-0.2, 0) is 17.7 Å². The van der Waals surface area contributed by atoms with E-state index in [2.05, 4.69) is 14.9 Å². The van der Waals surface area contributed by atoms with Gasteiger partial charge in [0.15, 0.2) is 0 Å². The van der Waals surface area contributed by atoms with Crippen molar-refractivity contribution in [3.8, 4) is 5.75 Å². The third kappa shape index (κ3) is 3.90. The zero-order chi connectivity index (χ0) is 16.1. The van der Waals surface area contributed by atoms with Crippen molar-refractivity contribution in [2.75, 3.05) is 20.3 Å². The third-order valence-corrected chi connectivity index (χ3v) is 3.92. The molecule has 23 heavy (non-hydrogen) atoms. The molecule has 1 amide bonds. The van der Waals surface area contributed by atoms with Gasteiger partial charge in [0.2, 0.25) is 0 Å². The highest BCUT2D eigenvalue weighted by molar-refractivity contribution is 5.94. The van der Waals surface area contributed by atoms with Crippen LogP contribution in [0.2, 0.25) is 0 Å². The number of methoxy groups -OCH3 is 1. The molecule has 0 bridgehead atoms. The van der Waals surface area contributed by atoms with Crippen LogP contribution in [0.5, 0.6) is 5.75 Å². The van der Waals surface area contributed by atoms with Gasteiger partial charge in [-0.1, -0.05) is 6.07 Å². The highest BCUT2D eigenvalue weighted by atomic mass is 16.5. The molecule has 6 nitrogen and oxygen atoms in total. The zero-order valence-electron chi connectivity index (χ0n) is 13.2. The van der Waals surface area contributed by atoms with Gasteiger partial charge in [-0.25, -0.2) is 4.98 Å². The van der Waals surface area contributed by atoms with E-state index in [0.717, 1.165) is 25.2 Å². The monoisotopic (exact) mass is 315 g/mol. The molecule has 0 saturated heterocycles. The van der Waals surface area contributed by atoms with Gasteiger partial charge in [0.1, 0.15) is 18.2 Å². The molecule has 0 fully saturated rings. The fraction of sp³-hybridized carbons (Fsp3) is 0.412. The van der Waals surface area contributed by atoms with Crippen molar-refractivity contribution in [2.45, 2.75) is 25.4 Å². The summed E-state index contributed by atoms with van der Waals surface area (Å²) in [4.78, 5) is 16.7. The number of benzene rings is 1. The van der Waals surface area contributed by atoms with Crippen LogP contribution in [-0.4, -0.2) is 41.8 Å². The van der Waals surface area contributed by atoms with Crippen molar-refractivity contribution in [2.24, 2.45) is 0 Å². The largest absolute Gasteiger partial charge is 0.491 e. The number of aromatic nitrogens is 2. The van der Waals surface area contributed by atoms with E-state index in [1.54, 1.807) is 25.4 Å². The van der Waals surface area contributed by atoms with Gasteiger partial charge in [-0.3, -0.25) is 4.79 Å². The zero-order valence-corrected chi connectivity index (χ0v) is 13.2. The summed E-state index contributed by atoms with van der Waals surface area (Å²) in [5, 5.41) is 3.09. The second kappa shape index (κ2) is 7.28. The number of carbonyl (C=O) groups is 1. The molecule has 1 aliphatic rings. The molecule has 1 aromatic carbocycles. The fourth-order valence-electron chi connectivity index (χ4n) is 2.72. The lowest BCUT2D eigenvalue weighted by Crippen LogP contribution is -2.40. The van der Waals surface area contributed by atoms with E-state index in [4.69, 9.17) is 9.47 Å². The van der Waals surface area contributed by atoms with Crippen LogP contribution in [0.4, 0.5) is 0 Å². The molecule has 0 radical (unpaired) electrons. The van der Waals surface area contributed by atoms with Crippen molar-refractivity contribution >= 4 is 5.91 Å². The van der Waals surface area contributed by atoms with Crippen LogP contribution >= 0.6 is 0 Å². The minimum atomic E-state index is -0.0734. The molecule has 1 aliphatic heterocycles. The number of nitrogens with zero attached hydrogens (tertiary/aromatic N) is 2. The lowest BCUT2D eigenvalue weighted by atomic mass is 10.1. The number of fused-ring (bicyclic) bond motifs is 1. The first kappa shape index (κ1) is 15.6. The molecule has 2 aromatic rings. The number of ether oxygens (including phenoxy) is 2. The molecule has 6 heteroatoms. The molecule has 0 aliphatic carbocycles. The number of carbonyl (C=O) groups excluding carboxylic acids is 1. The third-order valence-electron chi connectivity index (χ3n) is 3.92. The van der Waals surface area contributed by atoms with E-state index in [1.807, 2.05) is 18.3 Å². The number of rotatable bonds is 6. The number of aryl methyl sites for hydroxylation is 1. The Kier molecular flexibility index (Phi) is 4.92. The molecule has 1 aromatic heterocycles. The Bertz CT molecular complexity index is 669. The Morgan fingerprint density at radius 2 is 2.35 bits per heavy atom. The van der Waals surface area contributed by atoms with Crippen LogP contribution in [0.15, 0.2) is 36.7 Å². The van der Waals surface area contributed by atoms with Crippen molar-refractivity contribution in [3.05, 3.63) is 48.0 Å².